The Morgan fingerprint density at radius 3 is 2.61 bits per heavy atom. The van der Waals surface area contributed by atoms with Crippen LogP contribution in [0, 0.1) is 13.8 Å². The van der Waals surface area contributed by atoms with Crippen molar-refractivity contribution in [2.45, 2.75) is 39.7 Å². The molecule has 0 aliphatic rings. The van der Waals surface area contributed by atoms with E-state index in [2.05, 4.69) is 41.9 Å². The Morgan fingerprint density at radius 2 is 1.79 bits per heavy atom. The first-order chi connectivity index (χ1) is 16.1. The lowest BCUT2D eigenvalue weighted by Gasteiger charge is -2.12. The molecule has 3 aromatic carbocycles. The zero-order valence-electron chi connectivity index (χ0n) is 19.4. The molecule has 5 nitrogen and oxygen atoms in total. The van der Waals surface area contributed by atoms with Crippen molar-refractivity contribution < 1.29 is 9.53 Å². The molecule has 0 radical (unpaired) electrons. The minimum Gasteiger partial charge on any atom is -0.493 e. The highest BCUT2D eigenvalue weighted by atomic mass is 16.5. The van der Waals surface area contributed by atoms with Gasteiger partial charge in [0.25, 0.3) is 0 Å². The summed E-state index contributed by atoms with van der Waals surface area (Å²) in [7, 11) is 0. The molecule has 0 aliphatic carbocycles. The first kappa shape index (κ1) is 22.6. The van der Waals surface area contributed by atoms with Crippen LogP contribution < -0.4 is 10.1 Å². The molecular formula is C28H31N3O2. The summed E-state index contributed by atoms with van der Waals surface area (Å²) in [6.07, 6.45) is 1.96. The molecule has 4 rings (SSSR count). The van der Waals surface area contributed by atoms with E-state index in [4.69, 9.17) is 9.72 Å². The summed E-state index contributed by atoms with van der Waals surface area (Å²) in [5, 5.41) is 3.03. The van der Waals surface area contributed by atoms with Crippen LogP contribution in [0.4, 0.5) is 0 Å². The topological polar surface area (TPSA) is 56.1 Å². The third-order valence-electron chi connectivity index (χ3n) is 5.73. The molecule has 1 aromatic heterocycles. The lowest BCUT2D eigenvalue weighted by Crippen LogP contribution is -2.28. The Bertz CT molecular complexity index is 1210. The quantitative estimate of drug-likeness (QED) is 0.352. The number of aryl methyl sites for hydroxylation is 3. The van der Waals surface area contributed by atoms with Crippen LogP contribution >= 0.6 is 0 Å². The van der Waals surface area contributed by atoms with E-state index in [1.807, 2.05) is 54.6 Å². The van der Waals surface area contributed by atoms with Gasteiger partial charge in [0.15, 0.2) is 0 Å². The van der Waals surface area contributed by atoms with Crippen LogP contribution in [-0.4, -0.2) is 28.6 Å². The van der Waals surface area contributed by atoms with Crippen molar-refractivity contribution in [3.05, 3.63) is 95.3 Å². The van der Waals surface area contributed by atoms with Crippen molar-refractivity contribution in [1.82, 2.24) is 14.9 Å². The molecule has 5 heteroatoms. The molecule has 0 saturated heterocycles. The number of carbonyl (C=O) groups is 1. The van der Waals surface area contributed by atoms with Crippen LogP contribution in [0.2, 0.25) is 0 Å². The summed E-state index contributed by atoms with van der Waals surface area (Å²) in [5.41, 5.74) is 5.53. The highest BCUT2D eigenvalue weighted by Gasteiger charge is 2.11. The first-order valence-electron chi connectivity index (χ1n) is 11.5. The minimum atomic E-state index is 0.0331. The number of aromatic nitrogens is 2. The standard InChI is InChI=1S/C28H31N3O2/c1-21-13-14-26(22(2)19-21)33-18-8-17-31-25-12-7-6-11-24(25)30-27(31)15-16-29-28(32)20-23-9-4-3-5-10-23/h3-7,9-14,19H,8,15-18,20H2,1-2H3,(H,29,32). The molecule has 0 fully saturated rings. The molecule has 4 aromatic rings. The molecule has 0 bridgehead atoms. The summed E-state index contributed by atoms with van der Waals surface area (Å²) in [4.78, 5) is 17.1. The summed E-state index contributed by atoms with van der Waals surface area (Å²) in [6.45, 7) is 6.19. The van der Waals surface area contributed by atoms with Crippen LogP contribution in [0.5, 0.6) is 5.75 Å². The molecule has 0 aliphatic heterocycles. The molecule has 33 heavy (non-hydrogen) atoms. The number of para-hydroxylation sites is 2. The van der Waals surface area contributed by atoms with E-state index in [1.165, 1.54) is 5.56 Å². The van der Waals surface area contributed by atoms with Gasteiger partial charge in [-0.3, -0.25) is 4.79 Å². The molecule has 0 atom stereocenters. The number of ether oxygens (including phenoxy) is 1. The number of imidazole rings is 1. The van der Waals surface area contributed by atoms with Crippen LogP contribution in [0.25, 0.3) is 11.0 Å². The molecule has 170 valence electrons. The van der Waals surface area contributed by atoms with Gasteiger partial charge >= 0.3 is 0 Å². The highest BCUT2D eigenvalue weighted by Crippen LogP contribution is 2.20. The van der Waals surface area contributed by atoms with E-state index in [0.29, 0.717) is 26.0 Å². The van der Waals surface area contributed by atoms with E-state index in [0.717, 1.165) is 46.7 Å². The monoisotopic (exact) mass is 441 g/mol. The molecular weight excluding hydrogens is 410 g/mol. The Morgan fingerprint density at radius 1 is 1.00 bits per heavy atom. The second-order valence-corrected chi connectivity index (χ2v) is 8.40. The van der Waals surface area contributed by atoms with Crippen molar-refractivity contribution in [3.63, 3.8) is 0 Å². The fourth-order valence-electron chi connectivity index (χ4n) is 4.09. The predicted octanol–water partition coefficient (Wildman–Crippen LogP) is 5.02. The summed E-state index contributed by atoms with van der Waals surface area (Å²) >= 11 is 0. The number of hydrogen-bond acceptors (Lipinski definition) is 3. The number of rotatable bonds is 10. The lowest BCUT2D eigenvalue weighted by molar-refractivity contribution is -0.120. The van der Waals surface area contributed by atoms with Gasteiger partial charge in [0.2, 0.25) is 5.91 Å². The maximum absolute atomic E-state index is 12.3. The number of nitrogens with zero attached hydrogens (tertiary/aromatic N) is 2. The smallest absolute Gasteiger partial charge is 0.224 e. The molecule has 1 N–H and O–H groups in total. The van der Waals surface area contributed by atoms with Crippen molar-refractivity contribution in [1.29, 1.82) is 0 Å². The molecule has 0 saturated carbocycles. The molecule has 1 amide bonds. The third-order valence-corrected chi connectivity index (χ3v) is 5.73. The van der Waals surface area contributed by atoms with Crippen molar-refractivity contribution >= 4 is 16.9 Å². The van der Waals surface area contributed by atoms with E-state index >= 15 is 0 Å². The predicted molar refractivity (Wildman–Crippen MR) is 133 cm³/mol. The van der Waals surface area contributed by atoms with Crippen molar-refractivity contribution in [2.24, 2.45) is 0 Å². The van der Waals surface area contributed by atoms with Crippen LogP contribution in [-0.2, 0) is 24.2 Å². The fraction of sp³-hybridized carbons (Fsp3) is 0.286. The van der Waals surface area contributed by atoms with Gasteiger partial charge < -0.3 is 14.6 Å². The summed E-state index contributed by atoms with van der Waals surface area (Å²) in [5.74, 6) is 1.96. The van der Waals surface area contributed by atoms with Gasteiger partial charge in [-0.1, -0.05) is 60.2 Å². The van der Waals surface area contributed by atoms with Gasteiger partial charge in [-0.15, -0.1) is 0 Å². The fourth-order valence-corrected chi connectivity index (χ4v) is 4.09. The zero-order valence-corrected chi connectivity index (χ0v) is 19.4. The van der Waals surface area contributed by atoms with Crippen LogP contribution in [0.1, 0.15) is 28.9 Å². The second kappa shape index (κ2) is 10.8. The largest absolute Gasteiger partial charge is 0.493 e. The van der Waals surface area contributed by atoms with Crippen LogP contribution in [0.15, 0.2) is 72.8 Å². The maximum atomic E-state index is 12.3. The van der Waals surface area contributed by atoms with E-state index in [9.17, 15) is 4.79 Å². The van der Waals surface area contributed by atoms with Crippen molar-refractivity contribution in [3.8, 4) is 5.75 Å². The van der Waals surface area contributed by atoms with Gasteiger partial charge in [-0.25, -0.2) is 4.98 Å². The second-order valence-electron chi connectivity index (χ2n) is 8.40. The maximum Gasteiger partial charge on any atom is 0.224 e. The SMILES string of the molecule is Cc1ccc(OCCCn2c(CCNC(=O)Cc3ccccc3)nc3ccccc32)c(C)c1. The third kappa shape index (κ3) is 6.01. The van der Waals surface area contributed by atoms with Gasteiger partial charge in [-0.2, -0.15) is 0 Å². The molecule has 0 spiro atoms. The number of benzene rings is 3. The van der Waals surface area contributed by atoms with Crippen molar-refractivity contribution in [2.75, 3.05) is 13.2 Å². The Labute approximate surface area is 195 Å². The number of carbonyl (C=O) groups excluding carboxylic acids is 1. The normalized spacial score (nSPS) is 11.0. The van der Waals surface area contributed by atoms with E-state index < -0.39 is 0 Å². The first-order valence-corrected chi connectivity index (χ1v) is 11.5. The van der Waals surface area contributed by atoms with E-state index in [1.54, 1.807) is 0 Å². The van der Waals surface area contributed by atoms with Gasteiger partial charge in [0, 0.05) is 19.5 Å². The molecule has 1 heterocycles. The van der Waals surface area contributed by atoms with Gasteiger partial charge in [0.05, 0.1) is 24.1 Å². The van der Waals surface area contributed by atoms with E-state index in [-0.39, 0.29) is 5.91 Å². The minimum absolute atomic E-state index is 0.0331. The highest BCUT2D eigenvalue weighted by molar-refractivity contribution is 5.78. The number of nitrogens with one attached hydrogen (secondary N) is 1. The Kier molecular flexibility index (Phi) is 7.40. The summed E-state index contributed by atoms with van der Waals surface area (Å²) < 4.78 is 8.27. The van der Waals surface area contributed by atoms with Gasteiger partial charge in [-0.05, 0) is 49.6 Å². The summed E-state index contributed by atoms with van der Waals surface area (Å²) in [6, 6.07) is 24.3. The Balaban J connectivity index is 1.34. The average molecular weight is 442 g/mol. The lowest BCUT2D eigenvalue weighted by atomic mass is 10.1. The number of hydrogen-bond donors (Lipinski definition) is 1. The zero-order chi connectivity index (χ0) is 23.0. The number of fused-ring (bicyclic) bond motifs is 1. The van der Waals surface area contributed by atoms with Crippen LogP contribution in [0.3, 0.4) is 0 Å². The number of amides is 1. The average Bonchev–Trinajstić information content (AvgIpc) is 3.16. The molecule has 0 unspecified atom stereocenters. The van der Waals surface area contributed by atoms with Gasteiger partial charge in [0.1, 0.15) is 11.6 Å². The Hall–Kier alpha value is -3.60.